The largest absolute Gasteiger partial charge is 0.461 e. The Kier molecular flexibility index (Phi) is 4.67. The fraction of sp³-hybridized carbons (Fsp3) is 0.211. The normalized spacial score (nSPS) is 15.6. The molecule has 160 valence electrons. The first kappa shape index (κ1) is 19.6. The molecule has 9 nitrogen and oxygen atoms in total. The SMILES string of the molecule is O=S(=O)(c1ccc(F)cc1F)N1CCN(c2ccc3nnc(-c4ccco4)n3n2)CC1. The Morgan fingerprint density at radius 1 is 0.968 bits per heavy atom. The van der Waals surface area contributed by atoms with Crippen molar-refractivity contribution in [3.63, 3.8) is 0 Å². The summed E-state index contributed by atoms with van der Waals surface area (Å²) in [7, 11) is -4.07. The number of halogens is 2. The number of fused-ring (bicyclic) bond motifs is 1. The Bertz CT molecular complexity index is 1350. The van der Waals surface area contributed by atoms with E-state index in [2.05, 4.69) is 15.3 Å². The van der Waals surface area contributed by atoms with Crippen molar-refractivity contribution in [3.8, 4) is 11.6 Å². The van der Waals surface area contributed by atoms with Crippen LogP contribution in [0.3, 0.4) is 0 Å². The number of furan rings is 1. The maximum atomic E-state index is 14.0. The van der Waals surface area contributed by atoms with E-state index in [1.165, 1.54) is 10.6 Å². The second-order valence-electron chi connectivity index (χ2n) is 6.93. The molecule has 0 N–H and O–H groups in total. The summed E-state index contributed by atoms with van der Waals surface area (Å²) in [5.41, 5.74) is 0.545. The zero-order chi connectivity index (χ0) is 21.6. The molecule has 1 aromatic carbocycles. The zero-order valence-corrected chi connectivity index (χ0v) is 16.8. The Morgan fingerprint density at radius 3 is 2.48 bits per heavy atom. The van der Waals surface area contributed by atoms with Crippen LogP contribution in [0.25, 0.3) is 17.2 Å². The van der Waals surface area contributed by atoms with Gasteiger partial charge < -0.3 is 9.32 Å². The minimum Gasteiger partial charge on any atom is -0.461 e. The molecule has 1 aliphatic heterocycles. The molecule has 0 bridgehead atoms. The predicted molar refractivity (Wildman–Crippen MR) is 106 cm³/mol. The molecule has 0 spiro atoms. The second kappa shape index (κ2) is 7.39. The van der Waals surface area contributed by atoms with Crippen LogP contribution in [0.4, 0.5) is 14.6 Å². The number of piperazine rings is 1. The van der Waals surface area contributed by atoms with Crippen molar-refractivity contribution in [3.05, 3.63) is 60.4 Å². The van der Waals surface area contributed by atoms with Gasteiger partial charge in [0.25, 0.3) is 0 Å². The van der Waals surface area contributed by atoms with Crippen LogP contribution in [0.2, 0.25) is 0 Å². The maximum absolute atomic E-state index is 14.0. The van der Waals surface area contributed by atoms with Crippen LogP contribution >= 0.6 is 0 Å². The Hall–Kier alpha value is -3.38. The lowest BCUT2D eigenvalue weighted by molar-refractivity contribution is 0.380. The molecular formula is C19H16F2N6O3S. The summed E-state index contributed by atoms with van der Waals surface area (Å²) >= 11 is 0. The zero-order valence-electron chi connectivity index (χ0n) is 16.0. The lowest BCUT2D eigenvalue weighted by Crippen LogP contribution is -2.49. The number of rotatable bonds is 4. The molecule has 12 heteroatoms. The summed E-state index contributed by atoms with van der Waals surface area (Å²) in [4.78, 5) is 1.38. The van der Waals surface area contributed by atoms with E-state index in [0.717, 1.165) is 12.1 Å². The van der Waals surface area contributed by atoms with E-state index in [1.54, 1.807) is 28.8 Å². The van der Waals surface area contributed by atoms with Crippen LogP contribution in [0.15, 0.2) is 58.0 Å². The van der Waals surface area contributed by atoms with Gasteiger partial charge in [-0.05, 0) is 36.4 Å². The highest BCUT2D eigenvalue weighted by atomic mass is 32.2. The monoisotopic (exact) mass is 446 g/mol. The maximum Gasteiger partial charge on any atom is 0.246 e. The van der Waals surface area contributed by atoms with E-state index in [9.17, 15) is 17.2 Å². The van der Waals surface area contributed by atoms with E-state index in [4.69, 9.17) is 4.42 Å². The summed E-state index contributed by atoms with van der Waals surface area (Å²) in [6.07, 6.45) is 1.53. The van der Waals surface area contributed by atoms with Crippen LogP contribution in [-0.4, -0.2) is 58.7 Å². The van der Waals surface area contributed by atoms with Crippen molar-refractivity contribution < 1.29 is 21.6 Å². The predicted octanol–water partition coefficient (Wildman–Crippen LogP) is 2.17. The summed E-state index contributed by atoms with van der Waals surface area (Å²) < 4.78 is 60.8. The average molecular weight is 446 g/mol. The fourth-order valence-corrected chi connectivity index (χ4v) is 4.96. The minimum absolute atomic E-state index is 0.131. The van der Waals surface area contributed by atoms with Gasteiger partial charge in [0.1, 0.15) is 22.3 Å². The standard InChI is InChI=1S/C19H16F2N6O3S/c20-13-3-4-16(14(21)12-13)31(28,29)26-9-7-25(8-10-26)18-6-5-17-22-23-19(27(17)24-18)15-2-1-11-30-15/h1-6,11-12H,7-10H2. The third-order valence-corrected chi connectivity index (χ3v) is 7.00. The van der Waals surface area contributed by atoms with E-state index >= 15 is 0 Å². The summed E-state index contributed by atoms with van der Waals surface area (Å²) in [6.45, 7) is 0.954. The molecule has 4 heterocycles. The van der Waals surface area contributed by atoms with Crippen molar-refractivity contribution in [2.45, 2.75) is 4.90 Å². The summed E-state index contributed by atoms with van der Waals surface area (Å²) in [5.74, 6) is -0.340. The van der Waals surface area contributed by atoms with Crippen molar-refractivity contribution in [2.75, 3.05) is 31.1 Å². The molecule has 0 radical (unpaired) electrons. The van der Waals surface area contributed by atoms with Crippen molar-refractivity contribution >= 4 is 21.5 Å². The lowest BCUT2D eigenvalue weighted by Gasteiger charge is -2.34. The second-order valence-corrected chi connectivity index (χ2v) is 8.83. The van der Waals surface area contributed by atoms with Crippen LogP contribution < -0.4 is 4.90 Å². The Morgan fingerprint density at radius 2 is 1.77 bits per heavy atom. The van der Waals surface area contributed by atoms with Gasteiger partial charge in [0.05, 0.1) is 6.26 Å². The number of sulfonamides is 1. The average Bonchev–Trinajstić information content (AvgIpc) is 3.42. The first-order valence-electron chi connectivity index (χ1n) is 9.40. The molecule has 1 saturated heterocycles. The third kappa shape index (κ3) is 3.43. The molecule has 5 rings (SSSR count). The van der Waals surface area contributed by atoms with Crippen molar-refractivity contribution in [1.82, 2.24) is 24.1 Å². The van der Waals surface area contributed by atoms with Crippen molar-refractivity contribution in [1.29, 1.82) is 0 Å². The van der Waals surface area contributed by atoms with Gasteiger partial charge in [0, 0.05) is 32.2 Å². The highest BCUT2D eigenvalue weighted by molar-refractivity contribution is 7.89. The molecule has 4 aromatic rings. The van der Waals surface area contributed by atoms with Gasteiger partial charge in [-0.15, -0.1) is 15.3 Å². The first-order valence-corrected chi connectivity index (χ1v) is 10.8. The number of anilines is 1. The Balaban J connectivity index is 1.37. The smallest absolute Gasteiger partial charge is 0.246 e. The van der Waals surface area contributed by atoms with Gasteiger partial charge in [-0.3, -0.25) is 0 Å². The van der Waals surface area contributed by atoms with E-state index < -0.39 is 26.6 Å². The van der Waals surface area contributed by atoms with Gasteiger partial charge in [-0.25, -0.2) is 17.2 Å². The highest BCUT2D eigenvalue weighted by Gasteiger charge is 2.31. The third-order valence-electron chi connectivity index (χ3n) is 5.06. The number of benzene rings is 1. The summed E-state index contributed by atoms with van der Waals surface area (Å²) in [6, 6.07) is 9.48. The van der Waals surface area contributed by atoms with Gasteiger partial charge in [-0.1, -0.05) is 0 Å². The highest BCUT2D eigenvalue weighted by Crippen LogP contribution is 2.24. The van der Waals surface area contributed by atoms with Crippen LogP contribution in [0, 0.1) is 11.6 Å². The summed E-state index contributed by atoms with van der Waals surface area (Å²) in [5, 5.41) is 12.8. The van der Waals surface area contributed by atoms with Gasteiger partial charge in [-0.2, -0.15) is 8.82 Å². The Labute approximate surface area is 175 Å². The molecule has 0 saturated carbocycles. The number of nitrogens with zero attached hydrogens (tertiary/aromatic N) is 6. The quantitative estimate of drug-likeness (QED) is 0.474. The van der Waals surface area contributed by atoms with Gasteiger partial charge in [0.2, 0.25) is 15.8 Å². The molecule has 31 heavy (non-hydrogen) atoms. The topological polar surface area (TPSA) is 96.8 Å². The fourth-order valence-electron chi connectivity index (χ4n) is 3.49. The number of hydrogen-bond donors (Lipinski definition) is 0. The van der Waals surface area contributed by atoms with E-state index in [0.29, 0.717) is 42.2 Å². The molecular weight excluding hydrogens is 430 g/mol. The molecule has 1 fully saturated rings. The molecule has 1 aliphatic rings. The van der Waals surface area contributed by atoms with Crippen LogP contribution in [-0.2, 0) is 10.0 Å². The molecule has 0 amide bonds. The minimum atomic E-state index is -4.07. The van der Waals surface area contributed by atoms with E-state index in [-0.39, 0.29) is 13.1 Å². The van der Waals surface area contributed by atoms with Crippen LogP contribution in [0.1, 0.15) is 0 Å². The van der Waals surface area contributed by atoms with Crippen molar-refractivity contribution in [2.24, 2.45) is 0 Å². The number of hydrogen-bond acceptors (Lipinski definition) is 7. The molecule has 0 aliphatic carbocycles. The molecule has 3 aromatic heterocycles. The first-order chi connectivity index (χ1) is 14.9. The van der Waals surface area contributed by atoms with E-state index in [1.807, 2.05) is 4.90 Å². The molecule has 0 unspecified atom stereocenters. The lowest BCUT2D eigenvalue weighted by atomic mass is 10.3. The van der Waals surface area contributed by atoms with Crippen LogP contribution in [0.5, 0.6) is 0 Å². The molecule has 0 atom stereocenters. The number of aromatic nitrogens is 4. The van der Waals surface area contributed by atoms with Gasteiger partial charge >= 0.3 is 0 Å². The van der Waals surface area contributed by atoms with Gasteiger partial charge in [0.15, 0.2) is 11.4 Å².